The van der Waals surface area contributed by atoms with Crippen LogP contribution in [0.1, 0.15) is 37.2 Å². The summed E-state index contributed by atoms with van der Waals surface area (Å²) in [5.41, 5.74) is 3.08. The lowest BCUT2D eigenvalue weighted by Crippen LogP contribution is -2.52. The summed E-state index contributed by atoms with van der Waals surface area (Å²) in [6.07, 6.45) is 5.32. The number of fused-ring (bicyclic) bond motifs is 1. The average Bonchev–Trinajstić information content (AvgIpc) is 3.34. The van der Waals surface area contributed by atoms with Crippen LogP contribution in [0.2, 0.25) is 5.02 Å². The number of para-hydroxylation sites is 1. The van der Waals surface area contributed by atoms with Crippen molar-refractivity contribution in [2.75, 3.05) is 38.6 Å². The van der Waals surface area contributed by atoms with Gasteiger partial charge in [-0.05, 0) is 80.4 Å². The number of carbonyl (C=O) groups is 2. The Hall–Kier alpha value is -3.23. The zero-order valence-electron chi connectivity index (χ0n) is 21.0. The number of hydrogen-bond acceptors (Lipinski definition) is 4. The third-order valence-corrected chi connectivity index (χ3v) is 8.21. The molecule has 2 amide bonds. The number of amides is 2. The summed E-state index contributed by atoms with van der Waals surface area (Å²) in [7, 11) is 1.54. The Morgan fingerprint density at radius 2 is 1.81 bits per heavy atom. The number of anilines is 1. The lowest BCUT2D eigenvalue weighted by atomic mass is 9.84. The third-order valence-electron chi connectivity index (χ3n) is 7.91. The maximum atomic E-state index is 12.8. The molecule has 5 rings (SSSR count). The Bertz CT molecular complexity index is 1260. The second-order valence-corrected chi connectivity index (χ2v) is 10.4. The highest BCUT2D eigenvalue weighted by atomic mass is 35.5. The average molecular weight is 525 g/mol. The first-order valence-corrected chi connectivity index (χ1v) is 13.2. The zero-order chi connectivity index (χ0) is 25.9. The van der Waals surface area contributed by atoms with Gasteiger partial charge in [0.1, 0.15) is 11.8 Å². The number of ether oxygens (including phenoxy) is 1. The Morgan fingerprint density at radius 3 is 2.49 bits per heavy atom. The van der Waals surface area contributed by atoms with Gasteiger partial charge in [0.05, 0.1) is 12.1 Å². The van der Waals surface area contributed by atoms with Gasteiger partial charge in [0, 0.05) is 35.9 Å². The molecule has 196 valence electrons. The number of H-pyrrole nitrogens is 1. The molecular weight excluding hydrogens is 492 g/mol. The molecule has 8 nitrogen and oxygen atoms in total. The van der Waals surface area contributed by atoms with Crippen LogP contribution in [0.15, 0.2) is 48.7 Å². The Morgan fingerprint density at radius 1 is 1.08 bits per heavy atom. The summed E-state index contributed by atoms with van der Waals surface area (Å²) in [5, 5.41) is 14.7. The number of nitrogens with zero attached hydrogens (tertiary/aromatic N) is 2. The number of methoxy groups -OCH3 is 1. The van der Waals surface area contributed by atoms with Crippen molar-refractivity contribution in [2.24, 2.45) is 5.92 Å². The first-order valence-electron chi connectivity index (χ1n) is 12.9. The molecule has 2 aromatic carbocycles. The van der Waals surface area contributed by atoms with Crippen LogP contribution < -0.4 is 10.1 Å². The van der Waals surface area contributed by atoms with Crippen molar-refractivity contribution < 1.29 is 19.4 Å². The number of likely N-dealkylation sites (tertiary alicyclic amines) is 2. The summed E-state index contributed by atoms with van der Waals surface area (Å²) in [6, 6.07) is 12.7. The number of aromatic amines is 1. The SMILES string of the molecule is COc1ccc(NC(=O)N2CCC(C(C(=O)O)N3CCC(c4c[nH]c5ccccc45)CC3)CC2)cc1Cl. The molecular formula is C28H33ClN4O4. The van der Waals surface area contributed by atoms with Gasteiger partial charge in [-0.3, -0.25) is 9.69 Å². The van der Waals surface area contributed by atoms with Crippen molar-refractivity contribution in [3.05, 3.63) is 59.2 Å². The lowest BCUT2D eigenvalue weighted by Gasteiger charge is -2.41. The van der Waals surface area contributed by atoms with Crippen LogP contribution in [0.4, 0.5) is 10.5 Å². The number of carbonyl (C=O) groups excluding carboxylic acids is 1. The Kier molecular flexibility index (Phi) is 7.58. The van der Waals surface area contributed by atoms with Crippen LogP contribution in [0.3, 0.4) is 0 Å². The molecule has 0 aliphatic carbocycles. The maximum absolute atomic E-state index is 12.8. The molecule has 3 N–H and O–H groups in total. The molecule has 2 aliphatic heterocycles. The Balaban J connectivity index is 1.16. The summed E-state index contributed by atoms with van der Waals surface area (Å²) in [5.74, 6) is 0.229. The predicted octanol–water partition coefficient (Wildman–Crippen LogP) is 5.41. The number of carboxylic acid groups (broad SMARTS) is 1. The number of urea groups is 1. The highest BCUT2D eigenvalue weighted by Crippen LogP contribution is 2.35. The molecule has 1 unspecified atom stereocenters. The van der Waals surface area contributed by atoms with Gasteiger partial charge in [-0.25, -0.2) is 4.79 Å². The van der Waals surface area contributed by atoms with E-state index in [-0.39, 0.29) is 11.9 Å². The van der Waals surface area contributed by atoms with E-state index in [1.54, 1.807) is 30.2 Å². The van der Waals surface area contributed by atoms with E-state index in [0.29, 0.717) is 48.3 Å². The standard InChI is InChI=1S/C28H33ClN4O4/c1-37-25-7-6-20(16-23(25)29)31-28(36)33-14-10-19(11-15-33)26(27(34)35)32-12-8-18(9-13-32)22-17-30-24-5-3-2-4-21(22)24/h2-7,16-19,26,30H,8-15H2,1H3,(H,31,36)(H,34,35). The van der Waals surface area contributed by atoms with E-state index in [4.69, 9.17) is 16.3 Å². The van der Waals surface area contributed by atoms with Crippen LogP contribution in [-0.2, 0) is 4.79 Å². The van der Waals surface area contributed by atoms with E-state index < -0.39 is 12.0 Å². The smallest absolute Gasteiger partial charge is 0.321 e. The number of halogens is 1. The van der Waals surface area contributed by atoms with E-state index in [0.717, 1.165) is 31.4 Å². The first kappa shape index (κ1) is 25.4. The van der Waals surface area contributed by atoms with Crippen molar-refractivity contribution in [1.29, 1.82) is 0 Å². The van der Waals surface area contributed by atoms with E-state index in [9.17, 15) is 14.7 Å². The van der Waals surface area contributed by atoms with Gasteiger partial charge < -0.3 is 25.0 Å². The van der Waals surface area contributed by atoms with E-state index in [1.165, 1.54) is 10.9 Å². The van der Waals surface area contributed by atoms with Crippen molar-refractivity contribution in [2.45, 2.75) is 37.6 Å². The van der Waals surface area contributed by atoms with Crippen LogP contribution in [0.5, 0.6) is 5.75 Å². The van der Waals surface area contributed by atoms with Gasteiger partial charge in [0.25, 0.3) is 0 Å². The molecule has 3 aromatic rings. The van der Waals surface area contributed by atoms with E-state index >= 15 is 0 Å². The lowest BCUT2D eigenvalue weighted by molar-refractivity contribution is -0.146. The summed E-state index contributed by atoms with van der Waals surface area (Å²) < 4.78 is 5.16. The quantitative estimate of drug-likeness (QED) is 0.400. The minimum Gasteiger partial charge on any atom is -0.495 e. The van der Waals surface area contributed by atoms with E-state index in [2.05, 4.69) is 39.6 Å². The van der Waals surface area contributed by atoms with Crippen molar-refractivity contribution >= 4 is 40.2 Å². The molecule has 2 aliphatic rings. The van der Waals surface area contributed by atoms with Crippen molar-refractivity contribution in [3.63, 3.8) is 0 Å². The summed E-state index contributed by atoms with van der Waals surface area (Å²) in [6.45, 7) is 2.58. The maximum Gasteiger partial charge on any atom is 0.321 e. The van der Waals surface area contributed by atoms with Gasteiger partial charge in [-0.2, -0.15) is 0 Å². The number of rotatable bonds is 6. The monoisotopic (exact) mass is 524 g/mol. The first-order chi connectivity index (χ1) is 17.9. The van der Waals surface area contributed by atoms with Gasteiger partial charge in [0.15, 0.2) is 0 Å². The number of benzene rings is 2. The van der Waals surface area contributed by atoms with Gasteiger partial charge >= 0.3 is 12.0 Å². The molecule has 2 saturated heterocycles. The summed E-state index contributed by atoms with van der Waals surface area (Å²) >= 11 is 6.17. The molecule has 0 saturated carbocycles. The predicted molar refractivity (Wildman–Crippen MR) is 145 cm³/mol. The number of carboxylic acids is 1. The highest BCUT2D eigenvalue weighted by Gasteiger charge is 2.38. The second kappa shape index (κ2) is 11.0. The normalized spacial score (nSPS) is 18.6. The number of nitrogens with one attached hydrogen (secondary N) is 2. The van der Waals surface area contributed by atoms with Crippen LogP contribution in [0.25, 0.3) is 10.9 Å². The molecule has 1 atom stereocenters. The number of piperidine rings is 2. The summed E-state index contributed by atoms with van der Waals surface area (Å²) in [4.78, 5) is 32.4. The van der Waals surface area contributed by atoms with Crippen molar-refractivity contribution in [1.82, 2.24) is 14.8 Å². The molecule has 3 heterocycles. The number of aromatic nitrogens is 1. The van der Waals surface area contributed by atoms with Crippen LogP contribution in [-0.4, -0.2) is 71.2 Å². The molecule has 1 aromatic heterocycles. The molecule has 0 radical (unpaired) electrons. The fourth-order valence-electron chi connectivity index (χ4n) is 5.94. The third kappa shape index (κ3) is 5.40. The minimum atomic E-state index is -0.763. The largest absolute Gasteiger partial charge is 0.495 e. The van der Waals surface area contributed by atoms with Gasteiger partial charge in [0.2, 0.25) is 0 Å². The fourth-order valence-corrected chi connectivity index (χ4v) is 6.20. The minimum absolute atomic E-state index is 0.0154. The fraction of sp³-hybridized carbons (Fsp3) is 0.429. The molecule has 2 fully saturated rings. The Labute approximate surface area is 221 Å². The van der Waals surface area contributed by atoms with Crippen molar-refractivity contribution in [3.8, 4) is 5.75 Å². The van der Waals surface area contributed by atoms with E-state index in [1.807, 2.05) is 6.07 Å². The van der Waals surface area contributed by atoms with Gasteiger partial charge in [-0.15, -0.1) is 0 Å². The van der Waals surface area contributed by atoms with Crippen LogP contribution >= 0.6 is 11.6 Å². The number of hydrogen-bond donors (Lipinski definition) is 3. The molecule has 9 heteroatoms. The highest BCUT2D eigenvalue weighted by molar-refractivity contribution is 6.32. The number of aliphatic carboxylic acids is 1. The second-order valence-electron chi connectivity index (χ2n) is 9.99. The molecule has 0 spiro atoms. The molecule has 0 bridgehead atoms. The topological polar surface area (TPSA) is 97.9 Å². The zero-order valence-corrected chi connectivity index (χ0v) is 21.7. The van der Waals surface area contributed by atoms with Crippen LogP contribution in [0, 0.1) is 5.92 Å². The molecule has 37 heavy (non-hydrogen) atoms. The van der Waals surface area contributed by atoms with Gasteiger partial charge in [-0.1, -0.05) is 29.8 Å².